The van der Waals surface area contributed by atoms with Gasteiger partial charge in [-0.25, -0.2) is 0 Å². The lowest BCUT2D eigenvalue weighted by atomic mass is 9.66. The number of likely N-dealkylation sites (tertiary alicyclic amines) is 1. The van der Waals surface area contributed by atoms with E-state index in [9.17, 15) is 4.79 Å². The number of halogens is 2. The van der Waals surface area contributed by atoms with Crippen LogP contribution in [0.4, 0.5) is 0 Å². The lowest BCUT2D eigenvalue weighted by Gasteiger charge is -2.52. The monoisotopic (exact) mass is 424 g/mol. The molecule has 0 aromatic heterocycles. The molecule has 0 radical (unpaired) electrons. The first-order valence-electron chi connectivity index (χ1n) is 10.5. The fourth-order valence-corrected chi connectivity index (χ4v) is 5.94. The van der Waals surface area contributed by atoms with Crippen LogP contribution < -0.4 is 0 Å². The lowest BCUT2D eigenvalue weighted by molar-refractivity contribution is -0.136. The highest BCUT2D eigenvalue weighted by Crippen LogP contribution is 2.47. The highest BCUT2D eigenvalue weighted by molar-refractivity contribution is 6.42. The molecule has 3 atom stereocenters. The van der Waals surface area contributed by atoms with Gasteiger partial charge in [-0.1, -0.05) is 35.7 Å². The molecule has 154 valence electrons. The summed E-state index contributed by atoms with van der Waals surface area (Å²) in [5.41, 5.74) is 1.13. The molecule has 1 spiro atoms. The summed E-state index contributed by atoms with van der Waals surface area (Å²) in [4.78, 5) is 17.8. The van der Waals surface area contributed by atoms with Gasteiger partial charge in [0.25, 0.3) is 0 Å². The largest absolute Gasteiger partial charge is 0.381 e. The second-order valence-corrected chi connectivity index (χ2v) is 9.56. The minimum Gasteiger partial charge on any atom is -0.381 e. The summed E-state index contributed by atoms with van der Waals surface area (Å²) < 4.78 is 5.88. The van der Waals surface area contributed by atoms with Crippen molar-refractivity contribution >= 4 is 29.1 Å². The van der Waals surface area contributed by atoms with E-state index in [2.05, 4.69) is 4.90 Å². The number of likely N-dealkylation sites (N-methyl/N-ethyl adjacent to an activating group) is 1. The van der Waals surface area contributed by atoms with E-state index < -0.39 is 0 Å². The zero-order valence-corrected chi connectivity index (χ0v) is 18.1. The molecule has 1 saturated carbocycles. The molecule has 1 aromatic rings. The van der Waals surface area contributed by atoms with Gasteiger partial charge >= 0.3 is 0 Å². The van der Waals surface area contributed by atoms with Crippen LogP contribution >= 0.6 is 23.2 Å². The molecule has 4 nitrogen and oxygen atoms in total. The number of hydrogen-bond acceptors (Lipinski definition) is 3. The Bertz CT molecular complexity index is 714. The Morgan fingerprint density at radius 1 is 1.21 bits per heavy atom. The molecule has 28 heavy (non-hydrogen) atoms. The average molecular weight is 425 g/mol. The Morgan fingerprint density at radius 3 is 2.68 bits per heavy atom. The molecule has 2 saturated heterocycles. The summed E-state index contributed by atoms with van der Waals surface area (Å²) in [6, 6.07) is 6.13. The number of ether oxygens (including phenoxy) is 1. The molecule has 1 aromatic carbocycles. The fourth-order valence-electron chi connectivity index (χ4n) is 5.62. The van der Waals surface area contributed by atoms with Gasteiger partial charge in [0.2, 0.25) is 5.91 Å². The molecule has 2 heterocycles. The van der Waals surface area contributed by atoms with E-state index in [4.69, 9.17) is 27.9 Å². The summed E-state index contributed by atoms with van der Waals surface area (Å²) in [5.74, 6) is 0.156. The number of carbonyl (C=O) groups excluding carboxylic acids is 1. The highest BCUT2D eigenvalue weighted by Gasteiger charge is 2.52. The van der Waals surface area contributed by atoms with Crippen molar-refractivity contribution in [3.63, 3.8) is 0 Å². The van der Waals surface area contributed by atoms with Crippen LogP contribution in [0.15, 0.2) is 18.2 Å². The first-order chi connectivity index (χ1) is 13.5. The number of amides is 1. The molecular weight excluding hydrogens is 395 g/mol. The molecule has 3 fully saturated rings. The summed E-state index contributed by atoms with van der Waals surface area (Å²) in [5, 5.41) is 1.03. The van der Waals surface area contributed by atoms with Crippen molar-refractivity contribution in [3.8, 4) is 0 Å². The Balaban J connectivity index is 1.54. The van der Waals surface area contributed by atoms with Crippen molar-refractivity contribution in [2.24, 2.45) is 5.41 Å². The van der Waals surface area contributed by atoms with Crippen LogP contribution in [0.5, 0.6) is 0 Å². The molecule has 0 N–H and O–H groups in total. The number of benzene rings is 1. The number of hydrogen-bond donors (Lipinski definition) is 0. The molecule has 3 aliphatic rings. The minimum atomic E-state index is 0.156. The van der Waals surface area contributed by atoms with Gasteiger partial charge in [0, 0.05) is 31.2 Å². The first kappa shape index (κ1) is 20.5. The van der Waals surface area contributed by atoms with Crippen molar-refractivity contribution in [2.75, 3.05) is 33.4 Å². The Hall–Kier alpha value is -0.810. The van der Waals surface area contributed by atoms with Gasteiger partial charge in [0.05, 0.1) is 23.1 Å². The number of nitrogens with zero attached hydrogens (tertiary/aromatic N) is 2. The van der Waals surface area contributed by atoms with E-state index in [0.717, 1.165) is 44.7 Å². The minimum absolute atomic E-state index is 0.156. The molecule has 0 unspecified atom stereocenters. The predicted molar refractivity (Wildman–Crippen MR) is 113 cm³/mol. The summed E-state index contributed by atoms with van der Waals surface area (Å²) in [7, 11) is 1.99. The maximum absolute atomic E-state index is 13.2. The van der Waals surface area contributed by atoms with Crippen molar-refractivity contribution in [1.82, 2.24) is 9.80 Å². The lowest BCUT2D eigenvalue weighted by Crippen LogP contribution is -2.61. The predicted octanol–water partition coefficient (Wildman–Crippen LogP) is 4.42. The van der Waals surface area contributed by atoms with Crippen molar-refractivity contribution in [3.05, 3.63) is 33.8 Å². The van der Waals surface area contributed by atoms with Gasteiger partial charge in [-0.2, -0.15) is 0 Å². The SMILES string of the molecule is CN(C(=O)Cc1ccc(Cl)c(Cl)c1)[C@@H]1CCC[C@]2(CCOC2)[C@H]1N1CCCC1. The average Bonchev–Trinajstić information content (AvgIpc) is 3.37. The van der Waals surface area contributed by atoms with E-state index in [0.29, 0.717) is 22.5 Å². The van der Waals surface area contributed by atoms with Gasteiger partial charge in [0.1, 0.15) is 0 Å². The molecular formula is C22H30Cl2N2O2. The molecule has 6 heteroatoms. The number of carbonyl (C=O) groups is 1. The maximum Gasteiger partial charge on any atom is 0.227 e. The smallest absolute Gasteiger partial charge is 0.227 e. The van der Waals surface area contributed by atoms with Crippen LogP contribution in [-0.2, 0) is 16.0 Å². The van der Waals surface area contributed by atoms with Crippen molar-refractivity contribution in [1.29, 1.82) is 0 Å². The van der Waals surface area contributed by atoms with Crippen LogP contribution in [0.1, 0.15) is 44.1 Å². The Morgan fingerprint density at radius 2 is 2.00 bits per heavy atom. The zero-order valence-electron chi connectivity index (χ0n) is 16.6. The second-order valence-electron chi connectivity index (χ2n) is 8.74. The van der Waals surface area contributed by atoms with Crippen molar-refractivity contribution < 1.29 is 9.53 Å². The second kappa shape index (κ2) is 8.51. The number of rotatable bonds is 4. The van der Waals surface area contributed by atoms with Gasteiger partial charge in [-0.15, -0.1) is 0 Å². The third kappa shape index (κ3) is 3.94. The zero-order chi connectivity index (χ0) is 19.7. The highest BCUT2D eigenvalue weighted by atomic mass is 35.5. The van der Waals surface area contributed by atoms with Crippen LogP contribution in [0.25, 0.3) is 0 Å². The standard InChI is InChI=1S/C22H30Cl2N2O2/c1-25(20(27)14-16-6-7-17(23)18(24)13-16)19-5-4-8-22(9-12-28-15-22)21(19)26-10-2-3-11-26/h6-7,13,19,21H,2-5,8-12,14-15H2,1H3/t19-,21+,22-/m1/s1. The summed E-state index contributed by atoms with van der Waals surface area (Å²) in [6.07, 6.45) is 7.48. The maximum atomic E-state index is 13.2. The quantitative estimate of drug-likeness (QED) is 0.716. The summed E-state index contributed by atoms with van der Waals surface area (Å²) >= 11 is 12.2. The van der Waals surface area contributed by atoms with Gasteiger partial charge < -0.3 is 9.64 Å². The first-order valence-corrected chi connectivity index (χ1v) is 11.3. The van der Waals surface area contributed by atoms with Crippen LogP contribution in [0, 0.1) is 5.41 Å². The van der Waals surface area contributed by atoms with E-state index in [1.165, 1.54) is 25.7 Å². The van der Waals surface area contributed by atoms with Crippen LogP contribution in [0.2, 0.25) is 10.0 Å². The Labute approximate surface area is 178 Å². The van der Waals surface area contributed by atoms with E-state index >= 15 is 0 Å². The molecule has 1 amide bonds. The third-order valence-corrected chi connectivity index (χ3v) is 7.80. The van der Waals surface area contributed by atoms with E-state index in [-0.39, 0.29) is 17.4 Å². The topological polar surface area (TPSA) is 32.8 Å². The molecule has 2 aliphatic heterocycles. The van der Waals surface area contributed by atoms with Crippen LogP contribution in [0.3, 0.4) is 0 Å². The van der Waals surface area contributed by atoms with Gasteiger partial charge in [-0.3, -0.25) is 9.69 Å². The fraction of sp³-hybridized carbons (Fsp3) is 0.682. The summed E-state index contributed by atoms with van der Waals surface area (Å²) in [6.45, 7) is 4.01. The van der Waals surface area contributed by atoms with E-state index in [1.807, 2.05) is 18.0 Å². The molecule has 4 rings (SSSR count). The third-order valence-electron chi connectivity index (χ3n) is 7.06. The Kier molecular flexibility index (Phi) is 6.22. The van der Waals surface area contributed by atoms with Crippen molar-refractivity contribution in [2.45, 2.75) is 57.0 Å². The normalized spacial score (nSPS) is 30.8. The van der Waals surface area contributed by atoms with E-state index in [1.54, 1.807) is 12.1 Å². The van der Waals surface area contributed by atoms with Crippen LogP contribution in [-0.4, -0.2) is 61.1 Å². The van der Waals surface area contributed by atoms with Gasteiger partial charge in [-0.05, 0) is 62.9 Å². The molecule has 0 bridgehead atoms. The molecule has 1 aliphatic carbocycles. The van der Waals surface area contributed by atoms with Gasteiger partial charge in [0.15, 0.2) is 0 Å².